The minimum Gasteiger partial charge on any atom is -0.371 e. The number of thioether (sulfide) groups is 2. The lowest BCUT2D eigenvalue weighted by atomic mass is 9.87. The van der Waals surface area contributed by atoms with Gasteiger partial charge in [-0.05, 0) is 72.1 Å². The third kappa shape index (κ3) is 12.6. The van der Waals surface area contributed by atoms with Crippen molar-refractivity contribution in [1.82, 2.24) is 14.5 Å². The molecule has 1 N–H and O–H groups in total. The molecule has 0 saturated carbocycles. The molecule has 6 rings (SSSR count). The van der Waals surface area contributed by atoms with Crippen LogP contribution in [0.4, 0.5) is 0 Å². The molecule has 4 aliphatic rings. The monoisotopic (exact) mass is 903 g/mol. The molecule has 2 aromatic carbocycles. The van der Waals surface area contributed by atoms with Crippen molar-refractivity contribution < 1.29 is 27.4 Å². The lowest BCUT2D eigenvalue weighted by Gasteiger charge is -2.44. The first-order chi connectivity index (χ1) is 28.1. The average Bonchev–Trinajstić information content (AvgIpc) is 3.82. The molecule has 15 heteroatoms. The molecule has 4 heterocycles. The van der Waals surface area contributed by atoms with Crippen LogP contribution >= 0.6 is 23.5 Å². The molecule has 0 aliphatic carbocycles. The van der Waals surface area contributed by atoms with Crippen LogP contribution in [-0.4, -0.2) is 120 Å². The summed E-state index contributed by atoms with van der Waals surface area (Å²) in [6, 6.07) is 20.3. The molecule has 13 atom stereocenters. The van der Waals surface area contributed by atoms with E-state index >= 15 is 0 Å². The minimum absolute atomic E-state index is 0.0525. The van der Waals surface area contributed by atoms with Crippen molar-refractivity contribution in [2.45, 2.75) is 145 Å². The Hall–Kier alpha value is -2.08. The molecule has 2 aromatic rings. The Morgan fingerprint density at radius 2 is 1.22 bits per heavy atom. The molecule has 0 spiro atoms. The Labute approximate surface area is 373 Å². The van der Waals surface area contributed by atoms with Gasteiger partial charge in [-0.25, -0.2) is 8.93 Å². The molecule has 334 valence electrons. The van der Waals surface area contributed by atoms with Crippen molar-refractivity contribution in [3.63, 3.8) is 0 Å². The summed E-state index contributed by atoms with van der Waals surface area (Å²) in [4.78, 5) is 13.9. The fraction of sp³-hybridized carbons (Fsp3) is 0.644. The van der Waals surface area contributed by atoms with Crippen LogP contribution in [0.5, 0.6) is 0 Å². The number of nitrogens with zero attached hydrogens (tertiary/aromatic N) is 4. The minimum atomic E-state index is -1.16. The van der Waals surface area contributed by atoms with E-state index in [9.17, 15) is 8.42 Å². The van der Waals surface area contributed by atoms with Crippen molar-refractivity contribution in [1.29, 1.82) is 0 Å². The molecule has 11 nitrogen and oxygen atoms in total. The maximum absolute atomic E-state index is 12.7. The molecular formula is C45H69N5O6S4. The Morgan fingerprint density at radius 1 is 0.767 bits per heavy atom. The third-order valence-corrected chi connectivity index (χ3v) is 16.9. The summed E-state index contributed by atoms with van der Waals surface area (Å²) in [6.07, 6.45) is -0.429. The summed E-state index contributed by atoms with van der Waals surface area (Å²) >= 11 is 3.29. The van der Waals surface area contributed by atoms with Gasteiger partial charge in [-0.1, -0.05) is 98.0 Å². The Bertz CT molecular complexity index is 1850. The first-order valence-electron chi connectivity index (χ1n) is 20.9. The molecule has 0 amide bonds. The molecule has 0 aromatic heterocycles. The number of benzene rings is 2. The van der Waals surface area contributed by atoms with Crippen LogP contribution in [-0.2, 0) is 53.9 Å². The average molecular weight is 904 g/mol. The maximum atomic E-state index is 12.7. The van der Waals surface area contributed by atoms with Gasteiger partial charge in [0, 0.05) is 56.2 Å². The first-order valence-corrected chi connectivity index (χ1v) is 25.0. The number of amidine groups is 2. The van der Waals surface area contributed by atoms with Gasteiger partial charge in [0.1, 0.15) is 23.0 Å². The second-order valence-electron chi connectivity index (χ2n) is 18.5. The molecule has 2 saturated heterocycles. The van der Waals surface area contributed by atoms with Crippen LogP contribution in [0.15, 0.2) is 81.6 Å². The van der Waals surface area contributed by atoms with E-state index in [0.29, 0.717) is 13.2 Å². The highest BCUT2D eigenvalue weighted by Crippen LogP contribution is 2.44. The van der Waals surface area contributed by atoms with E-state index in [2.05, 4.69) is 42.8 Å². The lowest BCUT2D eigenvalue weighted by Crippen LogP contribution is -2.58. The van der Waals surface area contributed by atoms with E-state index in [1.54, 1.807) is 23.5 Å². The zero-order chi connectivity index (χ0) is 44.1. The predicted octanol–water partition coefficient (Wildman–Crippen LogP) is 7.82. The van der Waals surface area contributed by atoms with Crippen molar-refractivity contribution in [2.24, 2.45) is 21.8 Å². The van der Waals surface area contributed by atoms with Crippen molar-refractivity contribution in [2.75, 3.05) is 28.2 Å². The number of rotatable bonds is 11. The van der Waals surface area contributed by atoms with E-state index in [0.717, 1.165) is 27.0 Å². The van der Waals surface area contributed by atoms with Gasteiger partial charge in [0.15, 0.2) is 10.3 Å². The summed E-state index contributed by atoms with van der Waals surface area (Å²) < 4.78 is 53.9. The predicted molar refractivity (Wildman–Crippen MR) is 253 cm³/mol. The second kappa shape index (κ2) is 21.1. The summed E-state index contributed by atoms with van der Waals surface area (Å²) in [5.74, 6) is 0.189. The van der Waals surface area contributed by atoms with E-state index in [1.807, 2.05) is 135 Å². The summed E-state index contributed by atoms with van der Waals surface area (Å²) in [5.41, 5.74) is 3.09. The highest BCUT2D eigenvalue weighted by molar-refractivity contribution is 8.14. The van der Waals surface area contributed by atoms with E-state index < -0.39 is 21.8 Å². The quantitative estimate of drug-likeness (QED) is 0.240. The van der Waals surface area contributed by atoms with Crippen LogP contribution in [0, 0.1) is 11.8 Å². The first kappa shape index (κ1) is 48.9. The SMILES string of the molecule is CC(=CS(=O)C(C)(C)C)[C@H]1O[C@@H]2SC(N(C)C)=N[C@@H]2[C@@H](OCc2ccccc2)[C@@H]1C.CC(NS(=O)C(C)(C)C)[C@H]1O[C@@H]2SC(N(C)C)=N[C@@H]2[C@@H](OCc2ccccc2)[C@@H]1C. The van der Waals surface area contributed by atoms with Crippen molar-refractivity contribution in [3.8, 4) is 0 Å². The summed E-state index contributed by atoms with van der Waals surface area (Å²) in [6.45, 7) is 21.3. The Kier molecular flexibility index (Phi) is 17.2. The van der Waals surface area contributed by atoms with Gasteiger partial charge in [-0.3, -0.25) is 14.2 Å². The highest BCUT2D eigenvalue weighted by atomic mass is 32.2. The standard InChI is InChI=1S/C23H34N2O3S2.C22H35N3O3S2/c1-15(14-30(26)23(3,4)5)19-16(2)20(27-13-17-11-9-8-10-12-17)18-21(28-19)29-22(24-18)25(6)7;1-14-18(15(2)24-30(26)22(3,4)5)28-20-17(23-21(29-20)25(6)7)19(14)27-13-16-11-9-8-10-12-16/h8-12,14,16,18-21H,13H2,1-7H3;8-12,14-15,17-20,24H,13H2,1-7H3/t16-,18-,19-,20+,21-,30?;14-,15?,17-,18+,19+,20-,30?/m11/s1. The van der Waals surface area contributed by atoms with Gasteiger partial charge >= 0.3 is 0 Å². The van der Waals surface area contributed by atoms with Gasteiger partial charge < -0.3 is 28.7 Å². The Morgan fingerprint density at radius 3 is 1.65 bits per heavy atom. The lowest BCUT2D eigenvalue weighted by molar-refractivity contribution is -0.142. The van der Waals surface area contributed by atoms with E-state index in [1.165, 1.54) is 0 Å². The number of nitrogens with one attached hydrogen (secondary N) is 1. The molecule has 60 heavy (non-hydrogen) atoms. The van der Waals surface area contributed by atoms with Gasteiger partial charge in [0.05, 0.1) is 64.2 Å². The number of fused-ring (bicyclic) bond motifs is 2. The van der Waals surface area contributed by atoms with Gasteiger partial charge in [-0.2, -0.15) is 0 Å². The summed E-state index contributed by atoms with van der Waals surface area (Å²) in [5, 5.41) is 3.79. The molecule has 0 bridgehead atoms. The van der Waals surface area contributed by atoms with Gasteiger partial charge in [0.2, 0.25) is 0 Å². The van der Waals surface area contributed by atoms with E-state index in [4.69, 9.17) is 28.9 Å². The molecule has 3 unspecified atom stereocenters. The largest absolute Gasteiger partial charge is 0.371 e. The van der Waals surface area contributed by atoms with Crippen molar-refractivity contribution in [3.05, 3.63) is 82.8 Å². The van der Waals surface area contributed by atoms with E-state index in [-0.39, 0.29) is 74.7 Å². The number of hydrogen-bond acceptors (Lipinski definition) is 12. The van der Waals surface area contributed by atoms with Gasteiger partial charge in [0.25, 0.3) is 0 Å². The fourth-order valence-corrected chi connectivity index (χ4v) is 11.3. The number of aliphatic imine (C=N–C) groups is 2. The molecule has 0 radical (unpaired) electrons. The zero-order valence-corrected chi connectivity index (χ0v) is 41.3. The van der Waals surface area contributed by atoms with Crippen LogP contribution in [0.3, 0.4) is 0 Å². The van der Waals surface area contributed by atoms with Crippen LogP contribution in [0.2, 0.25) is 0 Å². The van der Waals surface area contributed by atoms with Crippen LogP contribution in [0.25, 0.3) is 0 Å². The van der Waals surface area contributed by atoms with Gasteiger partial charge in [-0.15, -0.1) is 0 Å². The van der Waals surface area contributed by atoms with Crippen LogP contribution < -0.4 is 4.72 Å². The zero-order valence-electron chi connectivity index (χ0n) is 38.0. The molecule has 2 fully saturated rings. The number of ether oxygens (including phenoxy) is 4. The second-order valence-corrected chi connectivity index (χ2v) is 24.7. The topological polar surface area (TPSA) is 114 Å². The molecule has 4 aliphatic heterocycles. The van der Waals surface area contributed by atoms with Crippen molar-refractivity contribution >= 4 is 55.6 Å². The third-order valence-electron chi connectivity index (χ3n) is 10.8. The maximum Gasteiger partial charge on any atom is 0.161 e. The summed E-state index contributed by atoms with van der Waals surface area (Å²) in [7, 11) is 5.76. The highest BCUT2D eigenvalue weighted by Gasteiger charge is 2.51. The Balaban J connectivity index is 0.000000228. The fourth-order valence-electron chi connectivity index (χ4n) is 7.38. The molecular weight excluding hydrogens is 835 g/mol. The van der Waals surface area contributed by atoms with Crippen LogP contribution in [0.1, 0.15) is 80.4 Å². The smallest absolute Gasteiger partial charge is 0.161 e. The normalized spacial score (nSPS) is 30.8. The number of hydrogen-bond donors (Lipinski definition) is 1.